The Labute approximate surface area is 364 Å². The van der Waals surface area contributed by atoms with Crippen molar-refractivity contribution in [3.8, 4) is 12.5 Å². The first-order chi connectivity index (χ1) is 24.6. The van der Waals surface area contributed by atoms with E-state index in [0.29, 0.717) is 22.2 Å². The molecule has 1 aromatic carbocycles. The van der Waals surface area contributed by atoms with Gasteiger partial charge >= 0.3 is 51.4 Å². The normalized spacial score (nSPS) is 15.9. The van der Waals surface area contributed by atoms with Crippen LogP contribution in [0, 0.1) is 31.4 Å². The smallest absolute Gasteiger partial charge is 0.385 e. The van der Waals surface area contributed by atoms with E-state index in [0.717, 1.165) is 90.0 Å². The number of hydrogen-bond acceptors (Lipinski definition) is 4. The van der Waals surface area contributed by atoms with Crippen LogP contribution in [0.25, 0.3) is 11.1 Å². The van der Waals surface area contributed by atoms with Crippen molar-refractivity contribution < 1.29 is 51.4 Å². The van der Waals surface area contributed by atoms with E-state index in [2.05, 4.69) is 89.0 Å². The third-order valence-corrected chi connectivity index (χ3v) is 9.16. The van der Waals surface area contributed by atoms with Crippen LogP contribution in [-0.4, -0.2) is 17.2 Å². The van der Waals surface area contributed by atoms with Crippen LogP contribution in [0.1, 0.15) is 127 Å². The molecule has 2 aromatic rings. The summed E-state index contributed by atoms with van der Waals surface area (Å²) in [6.07, 6.45) is 20.2. The minimum atomic E-state index is 0. The fourth-order valence-corrected chi connectivity index (χ4v) is 6.38. The molecule has 6 heteroatoms. The number of halogens is 1. The van der Waals surface area contributed by atoms with E-state index in [9.17, 15) is 0 Å². The van der Waals surface area contributed by atoms with Gasteiger partial charge in [0.05, 0.1) is 10.7 Å². The largest absolute Gasteiger partial charge is 1.00 e. The molecule has 4 rings (SSSR count). The maximum atomic E-state index is 8.30. The molecule has 1 aromatic heterocycles. The van der Waals surface area contributed by atoms with Gasteiger partial charge in [0.25, 0.3) is 0 Å². The second kappa shape index (κ2) is 27.0. The van der Waals surface area contributed by atoms with Crippen LogP contribution in [-0.2, 0) is 6.42 Å². The predicted molar refractivity (Wildman–Crippen MR) is 225 cm³/mol. The van der Waals surface area contributed by atoms with Gasteiger partial charge in [-0.1, -0.05) is 138 Å². The molecule has 52 heavy (non-hydrogen) atoms. The number of pyridine rings is 1. The van der Waals surface area contributed by atoms with Crippen LogP contribution < -0.4 is 62.4 Å². The van der Waals surface area contributed by atoms with Crippen molar-refractivity contribution in [2.24, 2.45) is 5.73 Å². The van der Waals surface area contributed by atoms with Gasteiger partial charge in [0.2, 0.25) is 0 Å². The van der Waals surface area contributed by atoms with E-state index >= 15 is 0 Å². The number of aromatic nitrogens is 1. The van der Waals surface area contributed by atoms with Gasteiger partial charge in [-0.2, -0.15) is 18.1 Å². The monoisotopic (exact) mass is 743 g/mol. The number of nitrogens with zero attached hydrogens (tertiary/aromatic N) is 1. The molecule has 2 atom stereocenters. The topological polar surface area (TPSA) is 74.8 Å². The van der Waals surface area contributed by atoms with Crippen molar-refractivity contribution >= 4 is 28.5 Å². The molecule has 4 N–H and O–H groups in total. The van der Waals surface area contributed by atoms with E-state index in [1.807, 2.05) is 64.1 Å². The summed E-state index contributed by atoms with van der Waals surface area (Å²) in [5.41, 5.74) is 16.1. The number of rotatable bonds is 12. The number of hydrogen-bond donors (Lipinski definition) is 3. The Morgan fingerprint density at radius 3 is 2.38 bits per heavy atom. The van der Waals surface area contributed by atoms with E-state index < -0.39 is 0 Å². The van der Waals surface area contributed by atoms with Crippen LogP contribution >= 0.6 is 11.6 Å². The number of nitrogens with one attached hydrogen (secondary N) is 2. The third-order valence-electron chi connectivity index (χ3n) is 8.67. The van der Waals surface area contributed by atoms with Gasteiger partial charge in [0.15, 0.2) is 0 Å². The summed E-state index contributed by atoms with van der Waals surface area (Å²) in [4.78, 5) is 5.40. The number of terminal acetylenes is 1. The Hall–Kier alpha value is -2.69. The second-order valence-corrected chi connectivity index (χ2v) is 12.6. The molecule has 274 valence electrons. The van der Waals surface area contributed by atoms with E-state index in [1.54, 1.807) is 6.04 Å². The second-order valence-electron chi connectivity index (χ2n) is 12.2. The van der Waals surface area contributed by atoms with Gasteiger partial charge in [0.1, 0.15) is 0 Å². The average molecular weight is 745 g/mol. The van der Waals surface area contributed by atoms with Crippen molar-refractivity contribution in [2.45, 2.75) is 106 Å². The molecular weight excluding hydrogens is 683 g/mol. The maximum absolute atomic E-state index is 8.30. The molecule has 1 heterocycles. The minimum Gasteiger partial charge on any atom is -0.385 e. The van der Waals surface area contributed by atoms with Gasteiger partial charge in [0, 0.05) is 29.4 Å². The fourth-order valence-electron chi connectivity index (χ4n) is 6.12. The number of allylic oxidation sites excluding steroid dienone is 10. The van der Waals surface area contributed by atoms with E-state index in [4.69, 9.17) is 28.6 Å². The number of nitrogens with two attached hydrogens (primary N) is 1. The Balaban J connectivity index is 0.00000266. The molecule has 2 unspecified atom stereocenters. The van der Waals surface area contributed by atoms with Crippen molar-refractivity contribution in [3.63, 3.8) is 0 Å². The molecule has 0 radical (unpaired) electrons. The SMILES string of the molecule is C#CN.CC.[CH-]=C1C=C(/C(=C/C)NCC(CCC)c2cc3c(c(C(=C/C=C)/C(Cl)=C(\C)c4ccccc4)n2)CCC3C)C=C(CC)C1=N.[CH2-]CC.[K+]. The zero-order valence-electron chi connectivity index (χ0n) is 33.4. The summed E-state index contributed by atoms with van der Waals surface area (Å²) in [7, 11) is 0. The van der Waals surface area contributed by atoms with E-state index in [-0.39, 0.29) is 57.3 Å². The summed E-state index contributed by atoms with van der Waals surface area (Å²) in [5.74, 6) is 0.678. The first kappa shape index (κ1) is 49.3. The minimum absolute atomic E-state index is 0. The number of benzene rings is 1. The predicted octanol–water partition coefficient (Wildman–Crippen LogP) is 9.20. The molecule has 2 aliphatic rings. The molecule has 0 aliphatic heterocycles. The Kier molecular flexibility index (Phi) is 25.6. The van der Waals surface area contributed by atoms with Crippen molar-refractivity contribution in [2.75, 3.05) is 6.54 Å². The first-order valence-corrected chi connectivity index (χ1v) is 18.7. The summed E-state index contributed by atoms with van der Waals surface area (Å²) < 4.78 is 0. The molecule has 0 saturated heterocycles. The summed E-state index contributed by atoms with van der Waals surface area (Å²) >= 11 is 7.19. The molecule has 0 fully saturated rings. The van der Waals surface area contributed by atoms with Gasteiger partial charge in [-0.15, -0.1) is 0 Å². The maximum Gasteiger partial charge on any atom is 1.00 e. The number of fused-ring (bicyclic) bond motifs is 1. The Morgan fingerprint density at radius 1 is 1.23 bits per heavy atom. The standard InChI is InChI=1S/C39H45ClN3.C3H7.C2H3N.C2H6.K/c1-8-15-30(24-42-35(11-4)31-21-26(6)38(41)28(10-3)22-31)36-23-34-25(5)19-20-32(34)39(43-36)33(16-9-2)37(40)27(7)29-17-13-12-14-18-29;1-3-2;1-2-3;1-2;/h6,9,11-14,16-18,21-23,25,30,41-42H,2,8,10,15,19-20,24H2,1,3-5,7H3;1,3H2,2H3;1H,3H2;1-2H3;/q2*-1;;;+1/b33-16+,35-11-,37-27-,41-38?;;;;. The Bertz CT molecular complexity index is 1670. The summed E-state index contributed by atoms with van der Waals surface area (Å²) in [6, 6.07) is 14.4. The molecule has 2 aliphatic carbocycles. The molecule has 0 spiro atoms. The molecule has 0 amide bonds. The van der Waals surface area contributed by atoms with Gasteiger partial charge in [-0.25, -0.2) is 6.58 Å². The fraction of sp³-hybridized carbons (Fsp3) is 0.370. The van der Waals surface area contributed by atoms with E-state index in [1.165, 1.54) is 11.1 Å². The zero-order valence-corrected chi connectivity index (χ0v) is 37.3. The van der Waals surface area contributed by atoms with Crippen molar-refractivity contribution in [3.05, 3.63) is 142 Å². The van der Waals surface area contributed by atoms with Crippen LogP contribution in [0.15, 0.2) is 101 Å². The van der Waals surface area contributed by atoms with Crippen molar-refractivity contribution in [1.29, 1.82) is 5.41 Å². The molecular formula is C46H61ClKN4-. The summed E-state index contributed by atoms with van der Waals surface area (Å²) in [5, 5.41) is 12.7. The van der Waals surface area contributed by atoms with Gasteiger partial charge in [-0.3, -0.25) is 4.98 Å². The average Bonchev–Trinajstić information content (AvgIpc) is 3.52. The van der Waals surface area contributed by atoms with Crippen molar-refractivity contribution in [1.82, 2.24) is 10.3 Å². The van der Waals surface area contributed by atoms with Crippen LogP contribution in [0.4, 0.5) is 0 Å². The summed E-state index contributed by atoms with van der Waals surface area (Å²) in [6.45, 7) is 31.2. The van der Waals surface area contributed by atoms with Gasteiger partial charge < -0.3 is 23.4 Å². The zero-order chi connectivity index (χ0) is 38.5. The third kappa shape index (κ3) is 13.9. The molecule has 4 nitrogen and oxygen atoms in total. The first-order valence-electron chi connectivity index (χ1n) is 18.4. The molecule has 0 saturated carbocycles. The van der Waals surface area contributed by atoms with Gasteiger partial charge in [-0.05, 0) is 85.5 Å². The van der Waals surface area contributed by atoms with Crippen LogP contribution in [0.5, 0.6) is 0 Å². The quantitative estimate of drug-likeness (QED) is 0.0668. The van der Waals surface area contributed by atoms with Crippen LogP contribution in [0.3, 0.4) is 0 Å². The van der Waals surface area contributed by atoms with Crippen LogP contribution in [0.2, 0.25) is 0 Å². The Morgan fingerprint density at radius 2 is 1.85 bits per heavy atom. The molecule has 0 bridgehead atoms.